The summed E-state index contributed by atoms with van der Waals surface area (Å²) < 4.78 is 54.5. The molecule has 6 heteroatoms. The molecule has 0 saturated heterocycles. The number of alkyl halides is 3. The first-order valence-electron chi connectivity index (χ1n) is 4.90. The summed E-state index contributed by atoms with van der Waals surface area (Å²) in [5.41, 5.74) is -1.63. The van der Waals surface area contributed by atoms with Crippen molar-refractivity contribution in [2.45, 2.75) is 19.5 Å². The Morgan fingerprint density at radius 1 is 1.35 bits per heavy atom. The number of ether oxygens (including phenoxy) is 1. The second-order valence-electron chi connectivity index (χ2n) is 3.33. The Hall–Kier alpha value is -1.59. The van der Waals surface area contributed by atoms with E-state index in [1.165, 1.54) is 0 Å². The SMILES string of the molecule is CCCOC(=O)c1ccc(C(F)(F)F)c(F)c1. The van der Waals surface area contributed by atoms with Crippen molar-refractivity contribution in [3.63, 3.8) is 0 Å². The highest BCUT2D eigenvalue weighted by molar-refractivity contribution is 5.89. The smallest absolute Gasteiger partial charge is 0.419 e. The predicted molar refractivity (Wildman–Crippen MR) is 52.0 cm³/mol. The average Bonchev–Trinajstić information content (AvgIpc) is 2.23. The number of esters is 1. The van der Waals surface area contributed by atoms with Crippen LogP contribution < -0.4 is 0 Å². The molecule has 0 radical (unpaired) electrons. The minimum Gasteiger partial charge on any atom is -0.462 e. The standard InChI is InChI=1S/C11H10F4O2/c1-2-5-17-10(16)7-3-4-8(9(12)6-7)11(13,14)15/h3-4,6H,2,5H2,1H3. The summed E-state index contributed by atoms with van der Waals surface area (Å²) in [6, 6.07) is 1.95. The van der Waals surface area contributed by atoms with Crippen molar-refractivity contribution in [2.24, 2.45) is 0 Å². The Balaban J connectivity index is 2.93. The highest BCUT2D eigenvalue weighted by atomic mass is 19.4. The van der Waals surface area contributed by atoms with E-state index in [2.05, 4.69) is 4.74 Å². The third-order valence-corrected chi connectivity index (χ3v) is 1.95. The quantitative estimate of drug-likeness (QED) is 0.607. The van der Waals surface area contributed by atoms with Gasteiger partial charge in [-0.1, -0.05) is 6.92 Å². The van der Waals surface area contributed by atoms with E-state index in [1.54, 1.807) is 6.92 Å². The summed E-state index contributed by atoms with van der Waals surface area (Å²) in [4.78, 5) is 11.2. The Morgan fingerprint density at radius 2 is 2.00 bits per heavy atom. The van der Waals surface area contributed by atoms with E-state index in [0.717, 1.165) is 6.07 Å². The molecule has 1 aromatic rings. The monoisotopic (exact) mass is 250 g/mol. The van der Waals surface area contributed by atoms with Crippen LogP contribution >= 0.6 is 0 Å². The van der Waals surface area contributed by atoms with Gasteiger partial charge in [0.1, 0.15) is 5.82 Å². The molecule has 2 nitrogen and oxygen atoms in total. The van der Waals surface area contributed by atoms with E-state index in [0.29, 0.717) is 18.6 Å². The van der Waals surface area contributed by atoms with Gasteiger partial charge in [0.05, 0.1) is 17.7 Å². The summed E-state index contributed by atoms with van der Waals surface area (Å²) >= 11 is 0. The molecular weight excluding hydrogens is 240 g/mol. The van der Waals surface area contributed by atoms with Gasteiger partial charge in [-0.2, -0.15) is 13.2 Å². The fraction of sp³-hybridized carbons (Fsp3) is 0.364. The molecule has 0 heterocycles. The lowest BCUT2D eigenvalue weighted by molar-refractivity contribution is -0.140. The van der Waals surface area contributed by atoms with Gasteiger partial charge in [0.15, 0.2) is 0 Å². The molecule has 0 fully saturated rings. The van der Waals surface area contributed by atoms with Crippen molar-refractivity contribution < 1.29 is 27.1 Å². The number of carbonyl (C=O) groups is 1. The summed E-state index contributed by atoms with van der Waals surface area (Å²) in [7, 11) is 0. The fourth-order valence-electron chi connectivity index (χ4n) is 1.15. The van der Waals surface area contributed by atoms with Crippen LogP contribution in [0.1, 0.15) is 29.3 Å². The molecule has 0 unspecified atom stereocenters. The van der Waals surface area contributed by atoms with Crippen molar-refractivity contribution in [1.29, 1.82) is 0 Å². The van der Waals surface area contributed by atoms with Gasteiger partial charge in [-0.25, -0.2) is 9.18 Å². The average molecular weight is 250 g/mol. The number of hydrogen-bond donors (Lipinski definition) is 0. The molecule has 0 N–H and O–H groups in total. The minimum atomic E-state index is -4.77. The lowest BCUT2D eigenvalue weighted by Gasteiger charge is -2.09. The summed E-state index contributed by atoms with van der Waals surface area (Å²) in [6.07, 6.45) is -4.19. The van der Waals surface area contributed by atoms with E-state index in [-0.39, 0.29) is 12.2 Å². The predicted octanol–water partition coefficient (Wildman–Crippen LogP) is 3.41. The molecule has 0 aliphatic heterocycles. The Labute approximate surface area is 95.2 Å². The summed E-state index contributed by atoms with van der Waals surface area (Å²) in [6.45, 7) is 1.90. The maximum atomic E-state index is 13.1. The molecule has 0 aliphatic carbocycles. The van der Waals surface area contributed by atoms with E-state index < -0.39 is 23.5 Å². The zero-order chi connectivity index (χ0) is 13.1. The number of carbonyl (C=O) groups excluding carboxylic acids is 1. The van der Waals surface area contributed by atoms with E-state index in [4.69, 9.17) is 0 Å². The second kappa shape index (κ2) is 5.16. The third kappa shape index (κ3) is 3.44. The zero-order valence-corrected chi connectivity index (χ0v) is 8.97. The Kier molecular flexibility index (Phi) is 4.09. The van der Waals surface area contributed by atoms with Crippen LogP contribution in [0.15, 0.2) is 18.2 Å². The van der Waals surface area contributed by atoms with E-state index in [9.17, 15) is 22.4 Å². The van der Waals surface area contributed by atoms with Gasteiger partial charge in [0.2, 0.25) is 0 Å². The van der Waals surface area contributed by atoms with Crippen LogP contribution in [0.2, 0.25) is 0 Å². The van der Waals surface area contributed by atoms with Crippen molar-refractivity contribution in [3.8, 4) is 0 Å². The number of benzene rings is 1. The van der Waals surface area contributed by atoms with Gasteiger partial charge < -0.3 is 4.74 Å². The summed E-state index contributed by atoms with van der Waals surface area (Å²) in [5.74, 6) is -2.32. The first-order chi connectivity index (χ1) is 7.86. The largest absolute Gasteiger partial charge is 0.462 e. The Bertz CT molecular complexity index is 412. The maximum absolute atomic E-state index is 13.1. The van der Waals surface area contributed by atoms with Crippen molar-refractivity contribution in [1.82, 2.24) is 0 Å². The van der Waals surface area contributed by atoms with Crippen LogP contribution in [0.4, 0.5) is 17.6 Å². The molecule has 0 atom stereocenters. The third-order valence-electron chi connectivity index (χ3n) is 1.95. The first-order valence-corrected chi connectivity index (χ1v) is 4.90. The van der Waals surface area contributed by atoms with Crippen molar-refractivity contribution in [3.05, 3.63) is 35.1 Å². The lowest BCUT2D eigenvalue weighted by atomic mass is 10.1. The van der Waals surface area contributed by atoms with Crippen LogP contribution in [0.3, 0.4) is 0 Å². The molecule has 0 aliphatic rings. The minimum absolute atomic E-state index is 0.140. The van der Waals surface area contributed by atoms with Gasteiger partial charge in [0.25, 0.3) is 0 Å². The van der Waals surface area contributed by atoms with Gasteiger partial charge >= 0.3 is 12.1 Å². The molecule has 94 valence electrons. The van der Waals surface area contributed by atoms with Gasteiger partial charge in [-0.05, 0) is 24.6 Å². The highest BCUT2D eigenvalue weighted by Gasteiger charge is 2.34. The normalized spacial score (nSPS) is 11.4. The molecule has 0 spiro atoms. The molecule has 0 bridgehead atoms. The number of halogens is 4. The second-order valence-corrected chi connectivity index (χ2v) is 3.33. The highest BCUT2D eigenvalue weighted by Crippen LogP contribution is 2.31. The van der Waals surface area contributed by atoms with Crippen molar-refractivity contribution >= 4 is 5.97 Å². The number of hydrogen-bond acceptors (Lipinski definition) is 2. The maximum Gasteiger partial charge on any atom is 0.419 e. The Morgan fingerprint density at radius 3 is 2.47 bits per heavy atom. The first kappa shape index (κ1) is 13.5. The molecule has 1 rings (SSSR count). The van der Waals surface area contributed by atoms with Crippen LogP contribution in [-0.4, -0.2) is 12.6 Å². The van der Waals surface area contributed by atoms with Gasteiger partial charge in [-0.15, -0.1) is 0 Å². The van der Waals surface area contributed by atoms with Gasteiger partial charge in [0, 0.05) is 0 Å². The van der Waals surface area contributed by atoms with Crippen molar-refractivity contribution in [2.75, 3.05) is 6.61 Å². The van der Waals surface area contributed by atoms with Gasteiger partial charge in [-0.3, -0.25) is 0 Å². The van der Waals surface area contributed by atoms with E-state index >= 15 is 0 Å². The molecule has 0 aromatic heterocycles. The van der Waals surface area contributed by atoms with Crippen LogP contribution in [-0.2, 0) is 10.9 Å². The fourth-order valence-corrected chi connectivity index (χ4v) is 1.15. The molecule has 1 aromatic carbocycles. The topological polar surface area (TPSA) is 26.3 Å². The van der Waals surface area contributed by atoms with Crippen LogP contribution in [0, 0.1) is 5.82 Å². The zero-order valence-electron chi connectivity index (χ0n) is 8.97. The molecule has 0 saturated carbocycles. The molecule has 17 heavy (non-hydrogen) atoms. The van der Waals surface area contributed by atoms with Crippen LogP contribution in [0.5, 0.6) is 0 Å². The van der Waals surface area contributed by atoms with E-state index in [1.807, 2.05) is 0 Å². The molecule has 0 amide bonds. The molecular formula is C11H10F4O2. The van der Waals surface area contributed by atoms with Crippen LogP contribution in [0.25, 0.3) is 0 Å². The lowest BCUT2D eigenvalue weighted by Crippen LogP contribution is -2.11. The summed E-state index contributed by atoms with van der Waals surface area (Å²) in [5, 5.41) is 0. The number of rotatable bonds is 3.